The van der Waals surface area contributed by atoms with E-state index in [-0.39, 0.29) is 11.8 Å². The number of ether oxygens (including phenoxy) is 1. The van der Waals surface area contributed by atoms with E-state index in [0.717, 1.165) is 12.8 Å². The molecule has 0 aromatic heterocycles. The fourth-order valence-corrected chi connectivity index (χ4v) is 2.74. The van der Waals surface area contributed by atoms with Gasteiger partial charge in [0.15, 0.2) is 5.78 Å². The summed E-state index contributed by atoms with van der Waals surface area (Å²) < 4.78 is 5.51. The minimum atomic E-state index is -0.978. The molecule has 1 fully saturated rings. The zero-order valence-electron chi connectivity index (χ0n) is 12.4. The third kappa shape index (κ3) is 2.92. The number of benzene rings is 1. The molecule has 1 saturated carbocycles. The van der Waals surface area contributed by atoms with Crippen LogP contribution < -0.4 is 0 Å². The number of carbonyl (C=O) groups is 2. The summed E-state index contributed by atoms with van der Waals surface area (Å²) in [6.45, 7) is 5.50. The van der Waals surface area contributed by atoms with Gasteiger partial charge in [0.1, 0.15) is 11.0 Å². The van der Waals surface area contributed by atoms with E-state index in [1.54, 1.807) is 12.1 Å². The number of carbonyl (C=O) groups excluding carboxylic acids is 2. The van der Waals surface area contributed by atoms with Crippen LogP contribution in [0.3, 0.4) is 0 Å². The van der Waals surface area contributed by atoms with Crippen LogP contribution in [0.1, 0.15) is 56.8 Å². The number of hydrogen-bond acceptors (Lipinski definition) is 3. The van der Waals surface area contributed by atoms with Gasteiger partial charge < -0.3 is 4.74 Å². The molecule has 0 bridgehead atoms. The molecule has 1 aromatic rings. The summed E-state index contributed by atoms with van der Waals surface area (Å²) in [7, 11) is 0. The number of esters is 1. The quantitative estimate of drug-likeness (QED) is 0.478. The van der Waals surface area contributed by atoms with E-state index in [1.165, 1.54) is 0 Å². The van der Waals surface area contributed by atoms with Crippen molar-refractivity contribution in [3.05, 3.63) is 35.9 Å². The molecule has 3 nitrogen and oxygen atoms in total. The van der Waals surface area contributed by atoms with Gasteiger partial charge in [0.2, 0.25) is 0 Å². The molecule has 1 aromatic carbocycles. The number of Topliss-reactive ketones (excluding diaryl/α,β-unsaturated/α-hetero) is 1. The highest BCUT2D eigenvalue weighted by Crippen LogP contribution is 2.42. The van der Waals surface area contributed by atoms with Crippen LogP contribution in [0.15, 0.2) is 30.3 Å². The van der Waals surface area contributed by atoms with Crippen molar-refractivity contribution in [1.29, 1.82) is 0 Å². The molecule has 0 radical (unpaired) electrons. The molecule has 0 aliphatic heterocycles. The summed E-state index contributed by atoms with van der Waals surface area (Å²) in [6, 6.07) is 9.06. The zero-order chi connectivity index (χ0) is 14.8. The lowest BCUT2D eigenvalue weighted by Crippen LogP contribution is -2.41. The molecule has 0 amide bonds. The van der Waals surface area contributed by atoms with Crippen molar-refractivity contribution in [2.75, 3.05) is 0 Å². The lowest BCUT2D eigenvalue weighted by molar-refractivity contribution is -0.164. The van der Waals surface area contributed by atoms with Crippen LogP contribution in [0, 0.1) is 5.41 Å². The van der Waals surface area contributed by atoms with Crippen LogP contribution in [0.5, 0.6) is 0 Å². The Morgan fingerprint density at radius 2 is 1.60 bits per heavy atom. The van der Waals surface area contributed by atoms with Crippen LogP contribution in [0.25, 0.3) is 0 Å². The maximum Gasteiger partial charge on any atom is 0.320 e. The monoisotopic (exact) mass is 274 g/mol. The summed E-state index contributed by atoms with van der Waals surface area (Å²) in [6.07, 6.45) is 2.99. The molecule has 1 aliphatic carbocycles. The molecule has 20 heavy (non-hydrogen) atoms. The molecular weight excluding hydrogens is 252 g/mol. The topological polar surface area (TPSA) is 43.4 Å². The van der Waals surface area contributed by atoms with E-state index in [0.29, 0.717) is 18.4 Å². The number of rotatable bonds is 3. The average Bonchev–Trinajstić information content (AvgIpc) is 2.87. The Morgan fingerprint density at radius 3 is 2.10 bits per heavy atom. The fourth-order valence-electron chi connectivity index (χ4n) is 2.74. The summed E-state index contributed by atoms with van der Waals surface area (Å²) in [5.41, 5.74) is -0.946. The maximum atomic E-state index is 12.8. The first-order valence-corrected chi connectivity index (χ1v) is 7.18. The van der Waals surface area contributed by atoms with Gasteiger partial charge in [-0.1, -0.05) is 43.2 Å². The third-order valence-corrected chi connectivity index (χ3v) is 3.72. The van der Waals surface area contributed by atoms with Crippen molar-refractivity contribution in [1.82, 2.24) is 0 Å². The molecule has 0 unspecified atom stereocenters. The Balaban J connectivity index is 2.31. The molecular formula is C17H22O3. The SMILES string of the molecule is CC(C)(C)OC(=O)C1(C(=O)c2ccccc2)CCCC1. The first-order valence-electron chi connectivity index (χ1n) is 7.18. The van der Waals surface area contributed by atoms with Gasteiger partial charge in [-0.3, -0.25) is 9.59 Å². The molecule has 0 spiro atoms. The van der Waals surface area contributed by atoms with Gasteiger partial charge in [0.25, 0.3) is 0 Å². The van der Waals surface area contributed by atoms with Crippen LogP contribution in [0.4, 0.5) is 0 Å². The normalized spacial score (nSPS) is 17.8. The molecule has 0 N–H and O–H groups in total. The van der Waals surface area contributed by atoms with Gasteiger partial charge in [0, 0.05) is 5.56 Å². The van der Waals surface area contributed by atoms with Crippen LogP contribution >= 0.6 is 0 Å². The van der Waals surface area contributed by atoms with Gasteiger partial charge in [-0.15, -0.1) is 0 Å². The van der Waals surface area contributed by atoms with Gasteiger partial charge in [-0.05, 0) is 33.6 Å². The predicted molar refractivity (Wildman–Crippen MR) is 77.5 cm³/mol. The van der Waals surface area contributed by atoms with E-state index in [1.807, 2.05) is 39.0 Å². The zero-order valence-corrected chi connectivity index (χ0v) is 12.4. The lowest BCUT2D eigenvalue weighted by Gasteiger charge is -2.30. The summed E-state index contributed by atoms with van der Waals surface area (Å²) in [5.74, 6) is -0.457. The highest BCUT2D eigenvalue weighted by molar-refractivity contribution is 6.12. The highest BCUT2D eigenvalue weighted by Gasteiger charge is 2.50. The van der Waals surface area contributed by atoms with E-state index < -0.39 is 11.0 Å². The summed E-state index contributed by atoms with van der Waals surface area (Å²) in [4.78, 5) is 25.4. The second-order valence-corrected chi connectivity index (χ2v) is 6.49. The van der Waals surface area contributed by atoms with Crippen molar-refractivity contribution >= 4 is 11.8 Å². The number of ketones is 1. The molecule has 0 atom stereocenters. The molecule has 108 valence electrons. The summed E-state index contributed by atoms with van der Waals surface area (Å²) in [5, 5.41) is 0. The van der Waals surface area contributed by atoms with E-state index in [4.69, 9.17) is 4.74 Å². The van der Waals surface area contributed by atoms with Crippen molar-refractivity contribution < 1.29 is 14.3 Å². The first kappa shape index (κ1) is 14.8. The fraction of sp³-hybridized carbons (Fsp3) is 0.529. The minimum absolute atomic E-state index is 0.0927. The van der Waals surface area contributed by atoms with E-state index >= 15 is 0 Å². The van der Waals surface area contributed by atoms with Crippen LogP contribution in [-0.4, -0.2) is 17.4 Å². The highest BCUT2D eigenvalue weighted by atomic mass is 16.6. The largest absolute Gasteiger partial charge is 0.459 e. The number of hydrogen-bond donors (Lipinski definition) is 0. The Kier molecular flexibility index (Phi) is 3.98. The van der Waals surface area contributed by atoms with Gasteiger partial charge in [-0.2, -0.15) is 0 Å². The standard InChI is InChI=1S/C17H22O3/c1-16(2,3)20-15(19)17(11-7-8-12-17)14(18)13-9-5-4-6-10-13/h4-6,9-10H,7-8,11-12H2,1-3H3. The Morgan fingerprint density at radius 1 is 1.05 bits per heavy atom. The minimum Gasteiger partial charge on any atom is -0.459 e. The first-order chi connectivity index (χ1) is 9.35. The smallest absolute Gasteiger partial charge is 0.320 e. The Bertz CT molecular complexity index is 491. The van der Waals surface area contributed by atoms with Crippen molar-refractivity contribution in [3.63, 3.8) is 0 Å². The van der Waals surface area contributed by atoms with Crippen molar-refractivity contribution in [2.24, 2.45) is 5.41 Å². The van der Waals surface area contributed by atoms with E-state index in [9.17, 15) is 9.59 Å². The van der Waals surface area contributed by atoms with Gasteiger partial charge in [-0.25, -0.2) is 0 Å². The molecule has 2 rings (SSSR count). The van der Waals surface area contributed by atoms with Gasteiger partial charge in [0.05, 0.1) is 0 Å². The second kappa shape index (κ2) is 5.39. The van der Waals surface area contributed by atoms with Crippen molar-refractivity contribution in [2.45, 2.75) is 52.1 Å². The van der Waals surface area contributed by atoms with E-state index in [2.05, 4.69) is 0 Å². The third-order valence-electron chi connectivity index (χ3n) is 3.72. The molecule has 0 saturated heterocycles. The van der Waals surface area contributed by atoms with Crippen LogP contribution in [0.2, 0.25) is 0 Å². The molecule has 3 heteroatoms. The molecule has 1 aliphatic rings. The lowest BCUT2D eigenvalue weighted by atomic mass is 9.78. The Labute approximate surface area is 120 Å². The predicted octanol–water partition coefficient (Wildman–Crippen LogP) is 3.77. The second-order valence-electron chi connectivity index (χ2n) is 6.49. The molecule has 0 heterocycles. The average molecular weight is 274 g/mol. The Hall–Kier alpha value is -1.64. The van der Waals surface area contributed by atoms with Gasteiger partial charge >= 0.3 is 5.97 Å². The summed E-state index contributed by atoms with van der Waals surface area (Å²) >= 11 is 0. The van der Waals surface area contributed by atoms with Crippen LogP contribution in [-0.2, 0) is 9.53 Å². The van der Waals surface area contributed by atoms with Crippen molar-refractivity contribution in [3.8, 4) is 0 Å². The maximum absolute atomic E-state index is 12.8.